The largest absolute Gasteiger partial charge is 0.468 e. The Hall–Kier alpha value is -2.23. The highest BCUT2D eigenvalue weighted by atomic mass is 32.2. The fraction of sp³-hybridized carbons (Fsp3) is 0.316. The normalized spacial score (nSPS) is 12.3. The summed E-state index contributed by atoms with van der Waals surface area (Å²) in [6.07, 6.45) is 0. The van der Waals surface area contributed by atoms with Gasteiger partial charge in [0.2, 0.25) is 0 Å². The summed E-state index contributed by atoms with van der Waals surface area (Å²) in [6, 6.07) is 5.99. The topological polar surface area (TPSA) is 70.4 Å². The number of carbonyl (C=O) groups excluding carboxylic acids is 1. The summed E-state index contributed by atoms with van der Waals surface area (Å²) in [6.45, 7) is 2.32. The van der Waals surface area contributed by atoms with Crippen molar-refractivity contribution < 1.29 is 18.7 Å². The number of halogens is 1. The van der Waals surface area contributed by atoms with Gasteiger partial charge >= 0.3 is 5.97 Å². The van der Waals surface area contributed by atoms with Crippen LogP contribution in [0.25, 0.3) is 21.3 Å². The van der Waals surface area contributed by atoms with Crippen molar-refractivity contribution in [2.75, 3.05) is 20.8 Å². The van der Waals surface area contributed by atoms with Crippen LogP contribution in [0.2, 0.25) is 0 Å². The van der Waals surface area contributed by atoms with Crippen molar-refractivity contribution in [1.29, 1.82) is 0 Å². The maximum Gasteiger partial charge on any atom is 0.318 e. The number of ether oxygens (including phenoxy) is 2. The Bertz CT molecular complexity index is 1050. The Morgan fingerprint density at radius 3 is 2.68 bits per heavy atom. The molecule has 3 rings (SSSR count). The molecule has 0 bridgehead atoms. The van der Waals surface area contributed by atoms with Crippen LogP contribution >= 0.6 is 23.1 Å². The van der Waals surface area contributed by atoms with Crippen LogP contribution in [0, 0.1) is 5.82 Å². The fourth-order valence-electron chi connectivity index (χ4n) is 2.69. The molecular weight excluding hydrogens is 403 g/mol. The number of fused-ring (bicyclic) bond motifs is 1. The summed E-state index contributed by atoms with van der Waals surface area (Å²) >= 11 is 2.50. The van der Waals surface area contributed by atoms with Gasteiger partial charge in [-0.15, -0.1) is 11.3 Å². The van der Waals surface area contributed by atoms with Crippen LogP contribution in [-0.4, -0.2) is 41.6 Å². The lowest BCUT2D eigenvalue weighted by molar-refractivity contribution is -0.139. The van der Waals surface area contributed by atoms with E-state index < -0.39 is 11.2 Å². The lowest BCUT2D eigenvalue weighted by Crippen LogP contribution is -2.26. The van der Waals surface area contributed by atoms with Crippen molar-refractivity contribution in [3.63, 3.8) is 0 Å². The highest BCUT2D eigenvalue weighted by Crippen LogP contribution is 2.33. The first kappa shape index (κ1) is 20.5. The van der Waals surface area contributed by atoms with E-state index in [1.165, 1.54) is 46.9 Å². The molecule has 0 saturated carbocycles. The van der Waals surface area contributed by atoms with Crippen molar-refractivity contribution >= 4 is 39.3 Å². The van der Waals surface area contributed by atoms with Gasteiger partial charge in [-0.25, -0.2) is 9.37 Å². The van der Waals surface area contributed by atoms with Gasteiger partial charge in [-0.05, 0) is 24.6 Å². The number of nitrogens with zero attached hydrogens (tertiary/aromatic N) is 2. The van der Waals surface area contributed by atoms with Crippen LogP contribution in [0.1, 0.15) is 6.92 Å². The average Bonchev–Trinajstić information content (AvgIpc) is 3.11. The van der Waals surface area contributed by atoms with Gasteiger partial charge in [0.25, 0.3) is 5.56 Å². The molecule has 1 atom stereocenters. The molecule has 0 aliphatic rings. The number of carbonyl (C=O) groups is 1. The molecule has 0 unspecified atom stereocenters. The third-order valence-corrected chi connectivity index (χ3v) is 6.09. The Morgan fingerprint density at radius 2 is 2.04 bits per heavy atom. The van der Waals surface area contributed by atoms with Gasteiger partial charge in [-0.2, -0.15) is 0 Å². The third-order valence-electron chi connectivity index (χ3n) is 4.15. The van der Waals surface area contributed by atoms with Crippen LogP contribution in [0.4, 0.5) is 4.39 Å². The number of hydrogen-bond donors (Lipinski definition) is 0. The number of rotatable bonds is 7. The van der Waals surface area contributed by atoms with Crippen LogP contribution < -0.4 is 5.56 Å². The van der Waals surface area contributed by atoms with E-state index in [0.29, 0.717) is 34.1 Å². The molecule has 0 aliphatic carbocycles. The van der Waals surface area contributed by atoms with Gasteiger partial charge < -0.3 is 9.47 Å². The molecule has 9 heteroatoms. The third kappa shape index (κ3) is 4.11. The Labute approximate surface area is 169 Å². The standard InChI is InChI=1S/C19H19FN2O4S2/c1-11(18(24)26-3)28-19-21-16-15(17(23)22(19)8-9-25-2)14(10-27-16)12-4-6-13(20)7-5-12/h4-7,10-11H,8-9H2,1-3H3/t11-/m1/s1. The summed E-state index contributed by atoms with van der Waals surface area (Å²) in [5, 5.41) is 2.23. The van der Waals surface area contributed by atoms with Gasteiger partial charge in [0.15, 0.2) is 5.16 Å². The van der Waals surface area contributed by atoms with Gasteiger partial charge in [0.05, 0.1) is 25.6 Å². The van der Waals surface area contributed by atoms with E-state index in [1.54, 1.807) is 26.2 Å². The number of hydrogen-bond acceptors (Lipinski definition) is 7. The number of esters is 1. The molecule has 0 aliphatic heterocycles. The maximum absolute atomic E-state index is 13.3. The van der Waals surface area contributed by atoms with Gasteiger partial charge in [-0.3, -0.25) is 14.2 Å². The minimum Gasteiger partial charge on any atom is -0.468 e. The molecule has 0 saturated heterocycles. The minimum atomic E-state index is -0.514. The summed E-state index contributed by atoms with van der Waals surface area (Å²) in [5.74, 6) is -0.731. The first-order chi connectivity index (χ1) is 13.5. The molecule has 1 aromatic carbocycles. The minimum absolute atomic E-state index is 0.220. The van der Waals surface area contributed by atoms with Crippen molar-refractivity contribution in [3.8, 4) is 11.1 Å². The first-order valence-electron chi connectivity index (χ1n) is 8.47. The SMILES string of the molecule is COCCn1c(S[C@H](C)C(=O)OC)nc2scc(-c3ccc(F)cc3)c2c1=O. The van der Waals surface area contributed by atoms with E-state index in [4.69, 9.17) is 9.47 Å². The predicted molar refractivity (Wildman–Crippen MR) is 108 cm³/mol. The lowest BCUT2D eigenvalue weighted by atomic mass is 10.1. The van der Waals surface area contributed by atoms with E-state index in [1.807, 2.05) is 5.38 Å². The number of thiophene rings is 1. The van der Waals surface area contributed by atoms with Crippen LogP contribution in [0.3, 0.4) is 0 Å². The molecule has 28 heavy (non-hydrogen) atoms. The lowest BCUT2D eigenvalue weighted by Gasteiger charge is -2.14. The van der Waals surface area contributed by atoms with Crippen LogP contribution in [0.5, 0.6) is 0 Å². The summed E-state index contributed by atoms with van der Waals surface area (Å²) < 4.78 is 24.7. The zero-order chi connectivity index (χ0) is 20.3. The summed E-state index contributed by atoms with van der Waals surface area (Å²) in [4.78, 5) is 30.2. The quantitative estimate of drug-likeness (QED) is 0.329. The van der Waals surface area contributed by atoms with Crippen molar-refractivity contribution in [1.82, 2.24) is 9.55 Å². The Kier molecular flexibility index (Phi) is 6.48. The fourth-order valence-corrected chi connectivity index (χ4v) is 4.64. The molecule has 2 aromatic heterocycles. The molecule has 0 spiro atoms. The second-order valence-corrected chi connectivity index (χ2v) is 8.13. The molecule has 0 amide bonds. The highest BCUT2D eigenvalue weighted by molar-refractivity contribution is 8.00. The molecule has 0 radical (unpaired) electrons. The molecule has 3 aromatic rings. The predicted octanol–water partition coefficient (Wildman–Crippen LogP) is 3.56. The van der Waals surface area contributed by atoms with Crippen LogP contribution in [-0.2, 0) is 20.8 Å². The molecule has 2 heterocycles. The van der Waals surface area contributed by atoms with Crippen LogP contribution in [0.15, 0.2) is 39.6 Å². The Balaban J connectivity index is 2.14. The average molecular weight is 423 g/mol. The van der Waals surface area contributed by atoms with Crippen molar-refractivity contribution in [2.24, 2.45) is 0 Å². The maximum atomic E-state index is 13.3. The first-order valence-corrected chi connectivity index (χ1v) is 10.2. The number of methoxy groups -OCH3 is 2. The second-order valence-electron chi connectivity index (χ2n) is 5.96. The zero-order valence-corrected chi connectivity index (χ0v) is 17.2. The number of benzene rings is 1. The molecule has 0 fully saturated rings. The van der Waals surface area contributed by atoms with Gasteiger partial charge in [-0.1, -0.05) is 23.9 Å². The van der Waals surface area contributed by atoms with Crippen molar-refractivity contribution in [3.05, 3.63) is 45.8 Å². The molecule has 6 nitrogen and oxygen atoms in total. The van der Waals surface area contributed by atoms with E-state index in [0.717, 1.165) is 5.56 Å². The van der Waals surface area contributed by atoms with E-state index in [2.05, 4.69) is 4.98 Å². The molecular formula is C19H19FN2O4S2. The van der Waals surface area contributed by atoms with Gasteiger partial charge in [0, 0.05) is 18.1 Å². The van der Waals surface area contributed by atoms with Crippen molar-refractivity contribution in [2.45, 2.75) is 23.9 Å². The zero-order valence-electron chi connectivity index (χ0n) is 15.6. The molecule has 148 valence electrons. The summed E-state index contributed by atoms with van der Waals surface area (Å²) in [7, 11) is 2.87. The smallest absolute Gasteiger partial charge is 0.318 e. The summed E-state index contributed by atoms with van der Waals surface area (Å²) in [5.41, 5.74) is 1.23. The molecule has 0 N–H and O–H groups in total. The van der Waals surface area contributed by atoms with Gasteiger partial charge in [0.1, 0.15) is 15.9 Å². The Morgan fingerprint density at radius 1 is 1.32 bits per heavy atom. The highest BCUT2D eigenvalue weighted by Gasteiger charge is 2.22. The second kappa shape index (κ2) is 8.85. The number of thioether (sulfide) groups is 1. The van der Waals surface area contributed by atoms with E-state index in [-0.39, 0.29) is 11.4 Å². The number of aromatic nitrogens is 2. The monoisotopic (exact) mass is 422 g/mol. The van der Waals surface area contributed by atoms with E-state index >= 15 is 0 Å². The van der Waals surface area contributed by atoms with E-state index in [9.17, 15) is 14.0 Å².